The molecule has 0 saturated heterocycles. The molecule has 4 nitrogen and oxygen atoms in total. The van der Waals surface area contributed by atoms with Crippen molar-refractivity contribution in [3.63, 3.8) is 0 Å². The van der Waals surface area contributed by atoms with Crippen LogP contribution in [0, 0.1) is 6.92 Å². The van der Waals surface area contributed by atoms with Gasteiger partial charge in [0.15, 0.2) is 0 Å². The summed E-state index contributed by atoms with van der Waals surface area (Å²) in [6.07, 6.45) is 0. The molecule has 0 bridgehead atoms. The molecule has 5 aromatic carbocycles. The van der Waals surface area contributed by atoms with E-state index in [1.165, 1.54) is 0 Å². The summed E-state index contributed by atoms with van der Waals surface area (Å²) in [6.45, 7) is 1.51. The van der Waals surface area contributed by atoms with Crippen LogP contribution in [0.15, 0.2) is 91.0 Å². The zero-order chi connectivity index (χ0) is 24.2. The van der Waals surface area contributed by atoms with E-state index in [4.69, 9.17) is 18.8 Å². The van der Waals surface area contributed by atoms with Crippen LogP contribution < -0.4 is 40.6 Å². The lowest BCUT2D eigenvalue weighted by molar-refractivity contribution is 0.452. The fourth-order valence-corrected chi connectivity index (χ4v) is 6.39. The molecule has 0 saturated carbocycles. The van der Waals surface area contributed by atoms with Crippen molar-refractivity contribution < 1.29 is 18.8 Å². The Morgan fingerprint density at radius 1 is 0.486 bits per heavy atom. The fraction of sp³-hybridized carbons (Fsp3) is 0.0323. The molecular formula is C31H18B2O4. The molecule has 4 heterocycles. The largest absolute Gasteiger partial charge is 0.551 e. The van der Waals surface area contributed by atoms with Gasteiger partial charge in [0.2, 0.25) is 0 Å². The molecule has 5 aromatic rings. The topological polar surface area (TPSA) is 36.9 Å². The summed E-state index contributed by atoms with van der Waals surface area (Å²) in [4.78, 5) is 0. The van der Waals surface area contributed by atoms with E-state index >= 15 is 0 Å². The molecule has 4 aliphatic heterocycles. The Hall–Kier alpha value is -4.57. The van der Waals surface area contributed by atoms with E-state index in [9.17, 15) is 0 Å². The molecule has 0 fully saturated rings. The van der Waals surface area contributed by atoms with Gasteiger partial charge in [-0.25, -0.2) is 0 Å². The summed E-state index contributed by atoms with van der Waals surface area (Å²) in [7, 11) is 0. The highest BCUT2D eigenvalue weighted by Crippen LogP contribution is 2.43. The van der Waals surface area contributed by atoms with Gasteiger partial charge >= 0.3 is 13.8 Å². The molecule has 0 radical (unpaired) electrons. The first-order chi connectivity index (χ1) is 18.3. The second-order valence-corrected chi connectivity index (χ2v) is 9.97. The lowest BCUT2D eigenvalue weighted by Gasteiger charge is -2.37. The minimum absolute atomic E-state index is 0.277. The van der Waals surface area contributed by atoms with Crippen LogP contribution >= 0.6 is 0 Å². The van der Waals surface area contributed by atoms with Gasteiger partial charge in [-0.3, -0.25) is 0 Å². The highest BCUT2D eigenvalue weighted by atomic mass is 16.5. The summed E-state index contributed by atoms with van der Waals surface area (Å²) in [5.41, 5.74) is 9.56. The van der Waals surface area contributed by atoms with Gasteiger partial charge in [-0.15, -0.1) is 0 Å². The lowest BCUT2D eigenvalue weighted by Crippen LogP contribution is -2.58. The molecule has 0 aliphatic carbocycles. The second-order valence-electron chi connectivity index (χ2n) is 9.97. The van der Waals surface area contributed by atoms with E-state index in [1.807, 2.05) is 60.7 Å². The monoisotopic (exact) mass is 476 g/mol. The van der Waals surface area contributed by atoms with Gasteiger partial charge < -0.3 is 18.8 Å². The van der Waals surface area contributed by atoms with Gasteiger partial charge in [0.1, 0.15) is 34.5 Å². The van der Waals surface area contributed by atoms with Crippen molar-refractivity contribution in [1.82, 2.24) is 0 Å². The molecule has 0 atom stereocenters. The SMILES string of the molecule is Cc1c2c(cc3c1Oc1cccc4c1B3Oc1ccccc1-4)B1Oc3ccccc3-c3cccc(c31)O2. The van der Waals surface area contributed by atoms with E-state index < -0.39 is 0 Å². The molecule has 4 aliphatic rings. The molecule has 0 aromatic heterocycles. The van der Waals surface area contributed by atoms with E-state index in [-0.39, 0.29) is 13.8 Å². The molecular weight excluding hydrogens is 458 g/mol. The number of para-hydroxylation sites is 2. The first kappa shape index (κ1) is 19.6. The number of fused-ring (bicyclic) bond motifs is 8. The van der Waals surface area contributed by atoms with Crippen LogP contribution in [0.5, 0.6) is 34.5 Å². The number of ether oxygens (including phenoxy) is 2. The Labute approximate surface area is 214 Å². The van der Waals surface area contributed by atoms with E-state index in [2.05, 4.69) is 37.3 Å². The Bertz CT molecular complexity index is 1700. The minimum Gasteiger partial charge on any atom is -0.551 e. The van der Waals surface area contributed by atoms with Gasteiger partial charge in [-0.1, -0.05) is 66.7 Å². The summed E-state index contributed by atoms with van der Waals surface area (Å²) in [5, 5.41) is 0. The van der Waals surface area contributed by atoms with E-state index in [1.54, 1.807) is 0 Å². The normalized spacial score (nSPS) is 14.3. The number of benzene rings is 5. The first-order valence-corrected chi connectivity index (χ1v) is 12.6. The van der Waals surface area contributed by atoms with Crippen LogP contribution in [-0.4, -0.2) is 13.8 Å². The average molecular weight is 476 g/mol. The Kier molecular flexibility index (Phi) is 3.60. The minimum atomic E-state index is -0.277. The molecule has 0 spiro atoms. The van der Waals surface area contributed by atoms with Crippen molar-refractivity contribution >= 4 is 35.7 Å². The third-order valence-electron chi connectivity index (χ3n) is 8.01. The van der Waals surface area contributed by atoms with Gasteiger partial charge in [-0.2, -0.15) is 0 Å². The maximum atomic E-state index is 6.68. The second kappa shape index (κ2) is 6.80. The van der Waals surface area contributed by atoms with Gasteiger partial charge in [0, 0.05) is 38.5 Å². The van der Waals surface area contributed by atoms with Crippen LogP contribution in [0.2, 0.25) is 0 Å². The third-order valence-corrected chi connectivity index (χ3v) is 8.01. The summed E-state index contributed by atoms with van der Waals surface area (Å²) >= 11 is 0. The zero-order valence-electron chi connectivity index (χ0n) is 19.9. The highest BCUT2D eigenvalue weighted by Gasteiger charge is 2.46. The summed E-state index contributed by atoms with van der Waals surface area (Å²) < 4.78 is 26.5. The Morgan fingerprint density at radius 3 is 1.43 bits per heavy atom. The van der Waals surface area contributed by atoms with Gasteiger partial charge in [0.25, 0.3) is 0 Å². The first-order valence-electron chi connectivity index (χ1n) is 12.6. The van der Waals surface area contributed by atoms with Crippen molar-refractivity contribution in [3.8, 4) is 56.8 Å². The molecule has 0 N–H and O–H groups in total. The van der Waals surface area contributed by atoms with Crippen molar-refractivity contribution in [2.75, 3.05) is 0 Å². The zero-order valence-corrected chi connectivity index (χ0v) is 19.9. The van der Waals surface area contributed by atoms with Gasteiger partial charge in [-0.05, 0) is 42.3 Å². The van der Waals surface area contributed by atoms with Crippen LogP contribution in [0.3, 0.4) is 0 Å². The highest BCUT2D eigenvalue weighted by molar-refractivity contribution is 6.87. The predicted octanol–water partition coefficient (Wildman–Crippen LogP) is 4.54. The van der Waals surface area contributed by atoms with Crippen molar-refractivity contribution in [3.05, 3.63) is 96.6 Å². The van der Waals surface area contributed by atoms with E-state index in [0.29, 0.717) is 0 Å². The Balaban J connectivity index is 1.28. The maximum Gasteiger partial charge on any atom is 0.434 e. The van der Waals surface area contributed by atoms with Crippen LogP contribution in [0.25, 0.3) is 22.3 Å². The van der Waals surface area contributed by atoms with Crippen molar-refractivity contribution in [1.29, 1.82) is 0 Å². The Morgan fingerprint density at radius 2 is 0.919 bits per heavy atom. The molecule has 6 heteroatoms. The smallest absolute Gasteiger partial charge is 0.434 e. The number of hydrogen-bond acceptors (Lipinski definition) is 4. The molecule has 37 heavy (non-hydrogen) atoms. The predicted molar refractivity (Wildman–Crippen MR) is 146 cm³/mol. The van der Waals surface area contributed by atoms with Crippen molar-refractivity contribution in [2.45, 2.75) is 6.92 Å². The molecule has 0 amide bonds. The van der Waals surface area contributed by atoms with E-state index in [0.717, 1.165) is 84.2 Å². The quantitative estimate of drug-likeness (QED) is 0.308. The fourth-order valence-electron chi connectivity index (χ4n) is 6.39. The van der Waals surface area contributed by atoms with Crippen LogP contribution in [-0.2, 0) is 0 Å². The lowest BCUT2D eigenvalue weighted by atomic mass is 9.46. The average Bonchev–Trinajstić information content (AvgIpc) is 2.94. The molecule has 172 valence electrons. The maximum absolute atomic E-state index is 6.68. The molecule has 9 rings (SSSR count). The number of hydrogen-bond donors (Lipinski definition) is 0. The standard InChI is InChI=1S/C31H18B2O4/c1-17-30-22(32-28-20(10-6-14-26(28)34-30)18-8-2-4-12-24(18)36-32)16-23-31(17)35-27-15-7-11-21-19-9-3-5-13-25(19)37-33(23)29(21)27/h2-16H,1H3. The van der Waals surface area contributed by atoms with Crippen LogP contribution in [0.1, 0.15) is 5.56 Å². The number of rotatable bonds is 0. The summed E-state index contributed by atoms with van der Waals surface area (Å²) in [5.74, 6) is 5.01. The third kappa shape index (κ3) is 2.45. The summed E-state index contributed by atoms with van der Waals surface area (Å²) in [6, 6.07) is 31.0. The van der Waals surface area contributed by atoms with Crippen LogP contribution in [0.4, 0.5) is 0 Å². The molecule has 0 unspecified atom stereocenters. The van der Waals surface area contributed by atoms with Crippen molar-refractivity contribution in [2.24, 2.45) is 0 Å². The van der Waals surface area contributed by atoms with Gasteiger partial charge in [0.05, 0.1) is 0 Å².